The molecule has 2 aromatic heterocycles. The minimum atomic E-state index is -0.571. The van der Waals surface area contributed by atoms with Crippen LogP contribution < -0.4 is 10.1 Å². The van der Waals surface area contributed by atoms with E-state index in [-0.39, 0.29) is 29.9 Å². The molecule has 8 nitrogen and oxygen atoms in total. The summed E-state index contributed by atoms with van der Waals surface area (Å²) < 4.78 is 38.5. The number of halogens is 2. The first-order chi connectivity index (χ1) is 15.0. The Morgan fingerprint density at radius 3 is 2.74 bits per heavy atom. The molecule has 0 spiro atoms. The largest absolute Gasteiger partial charge is 0.489 e. The maximum Gasteiger partial charge on any atom is 0.280 e. The summed E-state index contributed by atoms with van der Waals surface area (Å²) in [7, 11) is 0. The van der Waals surface area contributed by atoms with E-state index in [0.717, 1.165) is 0 Å². The van der Waals surface area contributed by atoms with Crippen LogP contribution in [0.2, 0.25) is 0 Å². The van der Waals surface area contributed by atoms with Crippen LogP contribution in [0.1, 0.15) is 27.4 Å². The summed E-state index contributed by atoms with van der Waals surface area (Å²) in [5.74, 6) is -0.380. The number of hydrogen-bond acceptors (Lipinski definition) is 6. The maximum absolute atomic E-state index is 13.3. The average molecular weight is 425 g/mol. The smallest absolute Gasteiger partial charge is 0.280 e. The number of nitrogens with zero attached hydrogens (tertiary/aromatic N) is 4. The first kappa shape index (κ1) is 20.2. The zero-order valence-electron chi connectivity index (χ0n) is 16.4. The fourth-order valence-corrected chi connectivity index (χ4v) is 2.84. The zero-order chi connectivity index (χ0) is 21.8. The van der Waals surface area contributed by atoms with Crippen LogP contribution in [0, 0.1) is 18.6 Å². The van der Waals surface area contributed by atoms with Crippen molar-refractivity contribution in [2.45, 2.75) is 20.1 Å². The number of amides is 1. The van der Waals surface area contributed by atoms with Gasteiger partial charge in [-0.05, 0) is 48.9 Å². The summed E-state index contributed by atoms with van der Waals surface area (Å²) in [4.78, 5) is 16.7. The van der Waals surface area contributed by atoms with Gasteiger partial charge in [-0.15, -0.1) is 5.10 Å². The van der Waals surface area contributed by atoms with E-state index in [1.807, 2.05) is 0 Å². The Hall–Kier alpha value is -4.08. The highest BCUT2D eigenvalue weighted by Gasteiger charge is 2.21. The number of benzene rings is 2. The van der Waals surface area contributed by atoms with Crippen LogP contribution in [0.4, 0.5) is 14.7 Å². The van der Waals surface area contributed by atoms with E-state index in [9.17, 15) is 13.6 Å². The summed E-state index contributed by atoms with van der Waals surface area (Å²) in [6, 6.07) is 11.6. The highest BCUT2D eigenvalue weighted by atomic mass is 19.1. The van der Waals surface area contributed by atoms with Crippen LogP contribution in [-0.2, 0) is 13.2 Å². The number of nitrogens with one attached hydrogen (secondary N) is 1. The topological polar surface area (TPSA) is 95.1 Å². The Balaban J connectivity index is 1.42. The maximum atomic E-state index is 13.3. The van der Waals surface area contributed by atoms with E-state index in [0.29, 0.717) is 29.2 Å². The SMILES string of the molecule is Cc1onc(C(=O)Nc2ncn(Cc3cccc(F)c3)n2)c1COc1ccc(F)cc1. The molecule has 0 fully saturated rings. The molecule has 0 bridgehead atoms. The number of ether oxygens (including phenoxy) is 1. The molecule has 4 aromatic rings. The van der Waals surface area contributed by atoms with Crippen molar-refractivity contribution in [3.05, 3.63) is 89.1 Å². The first-order valence-corrected chi connectivity index (χ1v) is 9.26. The van der Waals surface area contributed by atoms with Crippen molar-refractivity contribution in [2.24, 2.45) is 0 Å². The van der Waals surface area contributed by atoms with Crippen molar-refractivity contribution in [2.75, 3.05) is 5.32 Å². The Labute approximate surface area is 175 Å². The predicted octanol–water partition coefficient (Wildman–Crippen LogP) is 3.73. The van der Waals surface area contributed by atoms with E-state index in [4.69, 9.17) is 9.26 Å². The molecule has 158 valence electrons. The lowest BCUT2D eigenvalue weighted by Crippen LogP contribution is -2.16. The molecule has 0 aliphatic carbocycles. The summed E-state index contributed by atoms with van der Waals surface area (Å²) in [6.45, 7) is 1.95. The average Bonchev–Trinajstić information content (AvgIpc) is 3.33. The third-order valence-corrected chi connectivity index (χ3v) is 4.39. The van der Waals surface area contributed by atoms with Crippen molar-refractivity contribution in [1.29, 1.82) is 0 Å². The van der Waals surface area contributed by atoms with Gasteiger partial charge in [0.15, 0.2) is 5.69 Å². The van der Waals surface area contributed by atoms with Crippen LogP contribution in [0.15, 0.2) is 59.4 Å². The number of anilines is 1. The molecule has 0 aliphatic heterocycles. The van der Waals surface area contributed by atoms with Gasteiger partial charge in [0.25, 0.3) is 5.91 Å². The summed E-state index contributed by atoms with van der Waals surface area (Å²) >= 11 is 0. The van der Waals surface area contributed by atoms with Gasteiger partial charge in [-0.2, -0.15) is 0 Å². The summed E-state index contributed by atoms with van der Waals surface area (Å²) in [5.41, 5.74) is 1.18. The standard InChI is InChI=1S/C21H17F2N5O3/c1-13-18(11-30-17-7-5-15(22)6-8-17)19(27-31-13)20(29)25-21-24-12-28(26-21)10-14-3-2-4-16(23)9-14/h2-9,12H,10-11H2,1H3,(H,25,26,29). The number of aromatic nitrogens is 4. The van der Waals surface area contributed by atoms with Gasteiger partial charge in [0.2, 0.25) is 5.95 Å². The number of rotatable bonds is 7. The van der Waals surface area contributed by atoms with Crippen molar-refractivity contribution in [1.82, 2.24) is 19.9 Å². The van der Waals surface area contributed by atoms with Gasteiger partial charge in [-0.25, -0.2) is 18.4 Å². The molecular formula is C21H17F2N5O3. The molecule has 0 saturated heterocycles. The second kappa shape index (κ2) is 8.74. The third-order valence-electron chi connectivity index (χ3n) is 4.39. The molecule has 0 aliphatic rings. The van der Waals surface area contributed by atoms with Crippen LogP contribution in [0.5, 0.6) is 5.75 Å². The van der Waals surface area contributed by atoms with E-state index in [2.05, 4.69) is 20.6 Å². The van der Waals surface area contributed by atoms with Gasteiger partial charge in [0, 0.05) is 0 Å². The van der Waals surface area contributed by atoms with Gasteiger partial charge < -0.3 is 9.26 Å². The normalized spacial score (nSPS) is 10.8. The van der Waals surface area contributed by atoms with Crippen molar-refractivity contribution >= 4 is 11.9 Å². The first-order valence-electron chi connectivity index (χ1n) is 9.26. The third kappa shape index (κ3) is 4.92. The quantitative estimate of drug-likeness (QED) is 0.485. The number of aryl methyl sites for hydroxylation is 1. The van der Waals surface area contributed by atoms with Crippen molar-refractivity contribution in [3.8, 4) is 5.75 Å². The van der Waals surface area contributed by atoms with Crippen LogP contribution >= 0.6 is 0 Å². The lowest BCUT2D eigenvalue weighted by molar-refractivity contribution is 0.101. The molecule has 2 aromatic carbocycles. The van der Waals surface area contributed by atoms with Gasteiger partial charge >= 0.3 is 0 Å². The Morgan fingerprint density at radius 1 is 1.16 bits per heavy atom. The molecule has 4 rings (SSSR count). The van der Waals surface area contributed by atoms with Gasteiger partial charge in [0.1, 0.15) is 36.1 Å². The molecule has 0 saturated carbocycles. The number of hydrogen-bond donors (Lipinski definition) is 1. The van der Waals surface area contributed by atoms with E-state index in [1.54, 1.807) is 19.1 Å². The molecule has 0 radical (unpaired) electrons. The highest BCUT2D eigenvalue weighted by molar-refractivity contribution is 6.02. The lowest BCUT2D eigenvalue weighted by Gasteiger charge is -2.06. The molecule has 31 heavy (non-hydrogen) atoms. The summed E-state index contributed by atoms with van der Waals surface area (Å²) in [6.07, 6.45) is 1.42. The van der Waals surface area contributed by atoms with Crippen LogP contribution in [0.25, 0.3) is 0 Å². The van der Waals surface area contributed by atoms with E-state index >= 15 is 0 Å². The van der Waals surface area contributed by atoms with Gasteiger partial charge in [0.05, 0.1) is 12.1 Å². The van der Waals surface area contributed by atoms with Gasteiger partial charge in [-0.1, -0.05) is 17.3 Å². The van der Waals surface area contributed by atoms with Crippen LogP contribution in [0.3, 0.4) is 0 Å². The lowest BCUT2D eigenvalue weighted by atomic mass is 10.2. The van der Waals surface area contributed by atoms with Crippen LogP contribution in [-0.4, -0.2) is 25.8 Å². The second-order valence-electron chi connectivity index (χ2n) is 6.66. The molecule has 10 heteroatoms. The second-order valence-corrected chi connectivity index (χ2v) is 6.66. The molecular weight excluding hydrogens is 408 g/mol. The molecule has 2 heterocycles. The van der Waals surface area contributed by atoms with E-state index < -0.39 is 5.91 Å². The minimum Gasteiger partial charge on any atom is -0.489 e. The summed E-state index contributed by atoms with van der Waals surface area (Å²) in [5, 5.41) is 10.5. The number of carbonyl (C=O) groups excluding carboxylic acids is 1. The Bertz CT molecular complexity index is 1200. The minimum absolute atomic E-state index is 0.00512. The molecule has 0 atom stereocenters. The fourth-order valence-electron chi connectivity index (χ4n) is 2.84. The Kier molecular flexibility index (Phi) is 5.69. The predicted molar refractivity (Wildman–Crippen MR) is 105 cm³/mol. The molecule has 0 unspecified atom stereocenters. The van der Waals surface area contributed by atoms with Crippen molar-refractivity contribution < 1.29 is 22.8 Å². The monoisotopic (exact) mass is 425 g/mol. The number of carbonyl (C=O) groups is 1. The highest BCUT2D eigenvalue weighted by Crippen LogP contribution is 2.19. The van der Waals surface area contributed by atoms with Crippen molar-refractivity contribution in [3.63, 3.8) is 0 Å². The van der Waals surface area contributed by atoms with Gasteiger partial charge in [-0.3, -0.25) is 10.1 Å². The molecule has 1 N–H and O–H groups in total. The van der Waals surface area contributed by atoms with E-state index in [1.165, 1.54) is 47.4 Å². The molecule has 1 amide bonds. The fraction of sp³-hybridized carbons (Fsp3) is 0.143. The zero-order valence-corrected chi connectivity index (χ0v) is 16.4. The Morgan fingerprint density at radius 2 is 1.97 bits per heavy atom.